The van der Waals surface area contributed by atoms with E-state index in [1.54, 1.807) is 24.3 Å². The standard InChI is InChI=1S/C18H17FN4O4/c1-25-16-14-15(20-9-21-16)23(10-22-14)17-13(19)7-12(27-17)8-26-18(24)11-5-3-2-4-6-11/h2-6,9-10,12-13,17H,7-8H2,1H3/t12-,13+,17+/m0/s1. The van der Waals surface area contributed by atoms with E-state index in [-0.39, 0.29) is 13.0 Å². The van der Waals surface area contributed by atoms with Crippen molar-refractivity contribution in [3.63, 3.8) is 0 Å². The van der Waals surface area contributed by atoms with E-state index in [2.05, 4.69) is 15.0 Å². The Morgan fingerprint density at radius 2 is 2.11 bits per heavy atom. The molecule has 27 heavy (non-hydrogen) atoms. The van der Waals surface area contributed by atoms with Crippen LogP contribution >= 0.6 is 0 Å². The van der Waals surface area contributed by atoms with Crippen LogP contribution in [0.3, 0.4) is 0 Å². The van der Waals surface area contributed by atoms with Crippen LogP contribution in [0, 0.1) is 0 Å². The lowest BCUT2D eigenvalue weighted by Crippen LogP contribution is -2.19. The third kappa shape index (κ3) is 3.33. The smallest absolute Gasteiger partial charge is 0.338 e. The molecule has 3 atom stereocenters. The highest BCUT2D eigenvalue weighted by Crippen LogP contribution is 2.34. The summed E-state index contributed by atoms with van der Waals surface area (Å²) in [6.07, 6.45) is 0.116. The number of ether oxygens (including phenoxy) is 3. The Morgan fingerprint density at radius 3 is 2.89 bits per heavy atom. The first kappa shape index (κ1) is 17.3. The molecule has 140 valence electrons. The average Bonchev–Trinajstić information content (AvgIpc) is 3.29. The molecule has 1 aliphatic heterocycles. The summed E-state index contributed by atoms with van der Waals surface area (Å²) >= 11 is 0. The van der Waals surface area contributed by atoms with E-state index in [9.17, 15) is 9.18 Å². The second-order valence-corrected chi connectivity index (χ2v) is 6.07. The molecule has 0 spiro atoms. The van der Waals surface area contributed by atoms with Gasteiger partial charge in [0, 0.05) is 6.42 Å². The number of aromatic nitrogens is 4. The van der Waals surface area contributed by atoms with Crippen molar-refractivity contribution < 1.29 is 23.4 Å². The topological polar surface area (TPSA) is 88.4 Å². The van der Waals surface area contributed by atoms with Crippen molar-refractivity contribution in [3.8, 4) is 5.88 Å². The average molecular weight is 372 g/mol. The number of hydrogen-bond donors (Lipinski definition) is 0. The molecule has 0 unspecified atom stereocenters. The minimum atomic E-state index is -1.29. The predicted octanol–water partition coefficient (Wildman–Crippen LogP) is 2.32. The van der Waals surface area contributed by atoms with Gasteiger partial charge in [-0.15, -0.1) is 0 Å². The van der Waals surface area contributed by atoms with Crippen molar-refractivity contribution in [1.82, 2.24) is 19.5 Å². The summed E-state index contributed by atoms with van der Waals surface area (Å²) in [6, 6.07) is 8.61. The fourth-order valence-electron chi connectivity index (χ4n) is 3.04. The van der Waals surface area contributed by atoms with E-state index < -0.39 is 24.5 Å². The van der Waals surface area contributed by atoms with Gasteiger partial charge in [-0.1, -0.05) is 18.2 Å². The first-order valence-electron chi connectivity index (χ1n) is 8.40. The van der Waals surface area contributed by atoms with E-state index in [1.165, 1.54) is 24.3 Å². The number of alkyl halides is 1. The number of hydrogen-bond acceptors (Lipinski definition) is 7. The van der Waals surface area contributed by atoms with Crippen LogP contribution in [0.2, 0.25) is 0 Å². The lowest BCUT2D eigenvalue weighted by molar-refractivity contribution is -0.0420. The predicted molar refractivity (Wildman–Crippen MR) is 92.0 cm³/mol. The van der Waals surface area contributed by atoms with Crippen molar-refractivity contribution in [2.24, 2.45) is 0 Å². The molecular formula is C18H17FN4O4. The third-order valence-electron chi connectivity index (χ3n) is 4.33. The Bertz CT molecular complexity index is 949. The fraction of sp³-hybridized carbons (Fsp3) is 0.333. The molecule has 0 amide bonds. The number of benzene rings is 1. The molecule has 0 bridgehead atoms. The molecule has 1 fully saturated rings. The molecule has 3 aromatic rings. The Labute approximate surface area is 153 Å². The SMILES string of the molecule is COc1ncnc2c1ncn2[C@@H]1O[C@H](COC(=O)c2ccccc2)C[C@H]1F. The highest BCUT2D eigenvalue weighted by atomic mass is 19.1. The van der Waals surface area contributed by atoms with Gasteiger partial charge in [0.25, 0.3) is 0 Å². The minimum Gasteiger partial charge on any atom is -0.479 e. The molecule has 0 saturated carbocycles. The first-order valence-corrected chi connectivity index (χ1v) is 8.40. The summed E-state index contributed by atoms with van der Waals surface area (Å²) in [5.74, 6) is -0.163. The normalized spacial score (nSPS) is 22.1. The quantitative estimate of drug-likeness (QED) is 0.635. The Morgan fingerprint density at radius 1 is 1.30 bits per heavy atom. The van der Waals surface area contributed by atoms with Gasteiger partial charge >= 0.3 is 5.97 Å². The largest absolute Gasteiger partial charge is 0.479 e. The maximum Gasteiger partial charge on any atom is 0.338 e. The van der Waals surface area contributed by atoms with Crippen LogP contribution in [0.5, 0.6) is 5.88 Å². The molecule has 9 heteroatoms. The van der Waals surface area contributed by atoms with Crippen LogP contribution in [-0.2, 0) is 9.47 Å². The van der Waals surface area contributed by atoms with Crippen LogP contribution < -0.4 is 4.74 Å². The molecule has 1 aliphatic rings. The summed E-state index contributed by atoms with van der Waals surface area (Å²) < 4.78 is 32.2. The summed E-state index contributed by atoms with van der Waals surface area (Å²) in [4.78, 5) is 24.3. The number of esters is 1. The second-order valence-electron chi connectivity index (χ2n) is 6.07. The van der Waals surface area contributed by atoms with E-state index in [0.717, 1.165) is 0 Å². The number of imidazole rings is 1. The Hall–Kier alpha value is -3.07. The van der Waals surface area contributed by atoms with Crippen LogP contribution in [-0.4, -0.2) is 51.5 Å². The van der Waals surface area contributed by atoms with Gasteiger partial charge in [-0.3, -0.25) is 4.57 Å². The van der Waals surface area contributed by atoms with Gasteiger partial charge in [0.15, 0.2) is 17.4 Å². The van der Waals surface area contributed by atoms with Crippen LogP contribution in [0.15, 0.2) is 43.0 Å². The molecule has 8 nitrogen and oxygen atoms in total. The van der Waals surface area contributed by atoms with E-state index in [1.807, 2.05) is 6.07 Å². The number of nitrogens with zero attached hydrogens (tertiary/aromatic N) is 4. The van der Waals surface area contributed by atoms with Gasteiger partial charge in [0.05, 0.1) is 25.1 Å². The van der Waals surface area contributed by atoms with Crippen molar-refractivity contribution in [2.75, 3.05) is 13.7 Å². The molecule has 1 aromatic carbocycles. The van der Waals surface area contributed by atoms with Crippen molar-refractivity contribution in [2.45, 2.75) is 24.9 Å². The number of methoxy groups -OCH3 is 1. The monoisotopic (exact) mass is 372 g/mol. The number of halogens is 1. The molecule has 3 heterocycles. The fourth-order valence-corrected chi connectivity index (χ4v) is 3.04. The van der Waals surface area contributed by atoms with Crippen molar-refractivity contribution >= 4 is 17.1 Å². The summed E-state index contributed by atoms with van der Waals surface area (Å²) in [5.41, 5.74) is 1.28. The first-order chi connectivity index (χ1) is 13.2. The van der Waals surface area contributed by atoms with Gasteiger partial charge in [-0.25, -0.2) is 19.2 Å². The molecular weight excluding hydrogens is 355 g/mol. The molecule has 4 rings (SSSR count). The van der Waals surface area contributed by atoms with Gasteiger partial charge < -0.3 is 14.2 Å². The Balaban J connectivity index is 1.45. The molecule has 2 aromatic heterocycles. The number of carbonyl (C=O) groups excluding carboxylic acids is 1. The zero-order valence-corrected chi connectivity index (χ0v) is 14.5. The van der Waals surface area contributed by atoms with E-state index >= 15 is 0 Å². The minimum absolute atomic E-state index is 0.0322. The van der Waals surface area contributed by atoms with E-state index in [0.29, 0.717) is 22.6 Å². The van der Waals surface area contributed by atoms with Gasteiger partial charge in [0.2, 0.25) is 5.88 Å². The van der Waals surface area contributed by atoms with Crippen LogP contribution in [0.1, 0.15) is 23.0 Å². The van der Waals surface area contributed by atoms with Crippen molar-refractivity contribution in [1.29, 1.82) is 0 Å². The number of fused-ring (bicyclic) bond motifs is 1. The second kappa shape index (κ2) is 7.28. The van der Waals surface area contributed by atoms with Gasteiger partial charge in [-0.05, 0) is 12.1 Å². The number of rotatable bonds is 5. The zero-order chi connectivity index (χ0) is 18.8. The molecule has 0 aliphatic carbocycles. The van der Waals surface area contributed by atoms with Crippen LogP contribution in [0.25, 0.3) is 11.2 Å². The molecule has 0 radical (unpaired) electrons. The summed E-state index contributed by atoms with van der Waals surface area (Å²) in [6.45, 7) is -0.0322. The lowest BCUT2D eigenvalue weighted by atomic mass is 10.2. The number of carbonyl (C=O) groups is 1. The molecule has 0 N–H and O–H groups in total. The highest BCUT2D eigenvalue weighted by Gasteiger charge is 2.38. The summed E-state index contributed by atoms with van der Waals surface area (Å²) in [7, 11) is 1.47. The van der Waals surface area contributed by atoms with Crippen molar-refractivity contribution in [3.05, 3.63) is 48.5 Å². The summed E-state index contributed by atoms with van der Waals surface area (Å²) in [5, 5.41) is 0. The Kier molecular flexibility index (Phi) is 4.68. The zero-order valence-electron chi connectivity index (χ0n) is 14.5. The van der Waals surface area contributed by atoms with E-state index in [4.69, 9.17) is 14.2 Å². The molecule has 1 saturated heterocycles. The maximum atomic E-state index is 14.6. The van der Waals surface area contributed by atoms with Gasteiger partial charge in [0.1, 0.15) is 19.1 Å². The van der Waals surface area contributed by atoms with Gasteiger partial charge in [-0.2, -0.15) is 4.98 Å². The lowest BCUT2D eigenvalue weighted by Gasteiger charge is -2.16. The van der Waals surface area contributed by atoms with Crippen LogP contribution in [0.4, 0.5) is 4.39 Å². The third-order valence-corrected chi connectivity index (χ3v) is 4.33. The maximum absolute atomic E-state index is 14.6. The highest BCUT2D eigenvalue weighted by molar-refractivity contribution is 5.89.